The summed E-state index contributed by atoms with van der Waals surface area (Å²) in [5, 5.41) is 9.01. The molecule has 0 aliphatic heterocycles. The number of hydrogen-bond donors (Lipinski definition) is 3. The third-order valence-electron chi connectivity index (χ3n) is 2.56. The lowest BCUT2D eigenvalue weighted by molar-refractivity contribution is -0.118. The molecule has 98 valence electrons. The van der Waals surface area contributed by atoms with E-state index in [1.165, 1.54) is 18.2 Å². The van der Waals surface area contributed by atoms with E-state index in [0.717, 1.165) is 4.57 Å². The highest BCUT2D eigenvalue weighted by Gasteiger charge is 2.15. The van der Waals surface area contributed by atoms with E-state index in [1.807, 2.05) is 0 Å². The molecule has 0 aliphatic rings. The fourth-order valence-corrected chi connectivity index (χ4v) is 1.79. The second-order valence-electron chi connectivity index (χ2n) is 3.82. The van der Waals surface area contributed by atoms with Crippen molar-refractivity contribution in [1.82, 2.24) is 9.55 Å². The zero-order valence-electron chi connectivity index (χ0n) is 9.54. The number of aromatic nitrogens is 2. The summed E-state index contributed by atoms with van der Waals surface area (Å²) in [6.07, 6.45) is 0. The Bertz CT molecular complexity index is 802. The lowest BCUT2D eigenvalue weighted by atomic mass is 10.1. The van der Waals surface area contributed by atoms with Gasteiger partial charge in [-0.05, 0) is 12.1 Å². The Morgan fingerprint density at radius 2 is 2.00 bits per heavy atom. The van der Waals surface area contributed by atoms with Gasteiger partial charge in [0.15, 0.2) is 0 Å². The minimum absolute atomic E-state index is 0.0270. The number of nitrogens with zero attached hydrogens (tertiary/aromatic N) is 1. The molecule has 8 heteroatoms. The summed E-state index contributed by atoms with van der Waals surface area (Å²) in [6, 6.07) is 4.10. The molecule has 0 saturated carbocycles. The number of amides is 1. The average Bonchev–Trinajstić information content (AvgIpc) is 2.33. The van der Waals surface area contributed by atoms with E-state index >= 15 is 0 Å². The largest absolute Gasteiger partial charge is 0.478 e. The summed E-state index contributed by atoms with van der Waals surface area (Å²) in [4.78, 5) is 47.3. The molecule has 1 aromatic carbocycles. The van der Waals surface area contributed by atoms with Crippen molar-refractivity contribution in [1.29, 1.82) is 0 Å². The molecule has 0 spiro atoms. The van der Waals surface area contributed by atoms with E-state index < -0.39 is 29.5 Å². The van der Waals surface area contributed by atoms with Crippen LogP contribution in [0.1, 0.15) is 10.4 Å². The summed E-state index contributed by atoms with van der Waals surface area (Å²) in [6.45, 7) is -0.498. The molecule has 0 aliphatic carbocycles. The number of nitrogens with two attached hydrogens (primary N) is 1. The molecule has 8 nitrogen and oxygen atoms in total. The first kappa shape index (κ1) is 12.6. The second kappa shape index (κ2) is 4.41. The summed E-state index contributed by atoms with van der Waals surface area (Å²) in [7, 11) is 0. The molecule has 19 heavy (non-hydrogen) atoms. The summed E-state index contributed by atoms with van der Waals surface area (Å²) >= 11 is 0. The lowest BCUT2D eigenvalue weighted by Crippen LogP contribution is -2.39. The minimum atomic E-state index is -1.26. The Kier molecular flexibility index (Phi) is 2.91. The highest BCUT2D eigenvalue weighted by atomic mass is 16.4. The van der Waals surface area contributed by atoms with Gasteiger partial charge in [-0.1, -0.05) is 6.07 Å². The smallest absolute Gasteiger partial charge is 0.337 e. The Labute approximate surface area is 105 Å². The van der Waals surface area contributed by atoms with E-state index in [-0.39, 0.29) is 16.6 Å². The van der Waals surface area contributed by atoms with Gasteiger partial charge in [-0.2, -0.15) is 0 Å². The third-order valence-corrected chi connectivity index (χ3v) is 2.56. The van der Waals surface area contributed by atoms with Gasteiger partial charge in [-0.25, -0.2) is 4.79 Å². The Balaban J connectivity index is 2.95. The normalized spacial score (nSPS) is 10.5. The molecule has 2 aromatic rings. The van der Waals surface area contributed by atoms with Crippen LogP contribution in [0, 0.1) is 0 Å². The van der Waals surface area contributed by atoms with Crippen LogP contribution in [0.5, 0.6) is 0 Å². The number of nitrogens with one attached hydrogen (secondary N) is 1. The topological polar surface area (TPSA) is 135 Å². The van der Waals surface area contributed by atoms with Crippen LogP contribution in [0.3, 0.4) is 0 Å². The molecule has 1 aromatic heterocycles. The molecule has 1 heterocycles. The van der Waals surface area contributed by atoms with Crippen molar-refractivity contribution < 1.29 is 14.7 Å². The van der Waals surface area contributed by atoms with E-state index in [9.17, 15) is 19.2 Å². The SMILES string of the molecule is NC(=O)Cn1c(=O)c(=O)[nH]c2c(C(=O)O)cccc21. The number of primary amides is 1. The molecular formula is C11H9N3O5. The maximum Gasteiger partial charge on any atom is 0.337 e. The molecule has 0 bridgehead atoms. The number of aromatic amines is 1. The highest BCUT2D eigenvalue weighted by molar-refractivity contribution is 6.00. The van der Waals surface area contributed by atoms with E-state index in [4.69, 9.17) is 10.8 Å². The fourth-order valence-electron chi connectivity index (χ4n) is 1.79. The van der Waals surface area contributed by atoms with Crippen molar-refractivity contribution >= 4 is 22.9 Å². The molecule has 0 radical (unpaired) electrons. The molecule has 0 saturated heterocycles. The molecule has 4 N–H and O–H groups in total. The second-order valence-corrected chi connectivity index (χ2v) is 3.82. The first-order valence-electron chi connectivity index (χ1n) is 5.19. The van der Waals surface area contributed by atoms with Crippen LogP contribution in [0.25, 0.3) is 11.0 Å². The monoisotopic (exact) mass is 263 g/mol. The predicted molar refractivity (Wildman–Crippen MR) is 65.0 cm³/mol. The zero-order valence-corrected chi connectivity index (χ0v) is 9.54. The predicted octanol–water partition coefficient (Wildman–Crippen LogP) is -1.13. The Morgan fingerprint density at radius 1 is 1.32 bits per heavy atom. The zero-order chi connectivity index (χ0) is 14.2. The number of aromatic carboxylic acids is 1. The minimum Gasteiger partial charge on any atom is -0.478 e. The van der Waals surface area contributed by atoms with Crippen LogP contribution in [0.15, 0.2) is 27.8 Å². The molecular weight excluding hydrogens is 254 g/mol. The van der Waals surface area contributed by atoms with Gasteiger partial charge in [0.1, 0.15) is 6.54 Å². The van der Waals surface area contributed by atoms with Crippen LogP contribution in [0.2, 0.25) is 0 Å². The first-order valence-corrected chi connectivity index (χ1v) is 5.19. The first-order chi connectivity index (χ1) is 8.91. The van der Waals surface area contributed by atoms with Gasteiger partial charge in [-0.15, -0.1) is 0 Å². The highest BCUT2D eigenvalue weighted by Crippen LogP contribution is 2.13. The van der Waals surface area contributed by atoms with Crippen LogP contribution >= 0.6 is 0 Å². The van der Waals surface area contributed by atoms with Crippen molar-refractivity contribution in [2.24, 2.45) is 5.73 Å². The van der Waals surface area contributed by atoms with Gasteiger partial charge in [-0.3, -0.25) is 19.0 Å². The number of carboxylic acids is 1. The van der Waals surface area contributed by atoms with Gasteiger partial charge in [0.05, 0.1) is 16.6 Å². The standard InChI is InChI=1S/C11H9N3O5/c12-7(15)4-14-6-3-1-2-5(11(18)19)8(6)13-9(16)10(14)17/h1-3H,4H2,(H2,12,15)(H,13,16)(H,18,19). The van der Waals surface area contributed by atoms with Crippen LogP contribution in [-0.2, 0) is 11.3 Å². The summed E-state index contributed by atoms with van der Waals surface area (Å²) in [5.74, 6) is -2.07. The number of H-pyrrole nitrogens is 1. The quantitative estimate of drug-likeness (QED) is 0.602. The third kappa shape index (κ3) is 2.10. The molecule has 0 atom stereocenters. The number of rotatable bonds is 3. The van der Waals surface area contributed by atoms with Crippen molar-refractivity contribution in [3.05, 3.63) is 44.5 Å². The summed E-state index contributed by atoms with van der Waals surface area (Å²) < 4.78 is 0.850. The maximum atomic E-state index is 11.7. The van der Waals surface area contributed by atoms with Crippen molar-refractivity contribution in [3.63, 3.8) is 0 Å². The lowest BCUT2D eigenvalue weighted by Gasteiger charge is -2.08. The number of carboxylic acid groups (broad SMARTS) is 1. The van der Waals surface area contributed by atoms with Gasteiger partial charge >= 0.3 is 17.1 Å². The number of benzene rings is 1. The van der Waals surface area contributed by atoms with E-state index in [0.29, 0.717) is 0 Å². The van der Waals surface area contributed by atoms with Crippen molar-refractivity contribution in [3.8, 4) is 0 Å². The van der Waals surface area contributed by atoms with Crippen LogP contribution in [0.4, 0.5) is 0 Å². The van der Waals surface area contributed by atoms with Gasteiger partial charge < -0.3 is 15.8 Å². The molecule has 2 rings (SSSR count). The number of fused-ring (bicyclic) bond motifs is 1. The number of hydrogen-bond acceptors (Lipinski definition) is 4. The Hall–Kier alpha value is -2.90. The van der Waals surface area contributed by atoms with Gasteiger partial charge in [0.25, 0.3) is 0 Å². The summed E-state index contributed by atoms with van der Waals surface area (Å²) in [5.41, 5.74) is 2.96. The molecule has 1 amide bonds. The number of carbonyl (C=O) groups is 2. The van der Waals surface area contributed by atoms with Crippen molar-refractivity contribution in [2.75, 3.05) is 0 Å². The maximum absolute atomic E-state index is 11.7. The van der Waals surface area contributed by atoms with Crippen LogP contribution in [-0.4, -0.2) is 26.5 Å². The molecule has 0 fully saturated rings. The average molecular weight is 263 g/mol. The van der Waals surface area contributed by atoms with E-state index in [2.05, 4.69) is 4.98 Å². The Morgan fingerprint density at radius 3 is 2.58 bits per heavy atom. The van der Waals surface area contributed by atoms with Crippen molar-refractivity contribution in [2.45, 2.75) is 6.54 Å². The van der Waals surface area contributed by atoms with E-state index in [1.54, 1.807) is 0 Å². The number of para-hydroxylation sites is 1. The molecule has 0 unspecified atom stereocenters. The van der Waals surface area contributed by atoms with Gasteiger partial charge in [0, 0.05) is 0 Å². The number of carbonyl (C=O) groups excluding carboxylic acids is 1. The fraction of sp³-hybridized carbons (Fsp3) is 0.0909. The van der Waals surface area contributed by atoms with Crippen LogP contribution < -0.4 is 16.9 Å². The van der Waals surface area contributed by atoms with Gasteiger partial charge in [0.2, 0.25) is 5.91 Å².